The van der Waals surface area contributed by atoms with Crippen LogP contribution in [-0.2, 0) is 11.3 Å². The van der Waals surface area contributed by atoms with Gasteiger partial charge in [-0.25, -0.2) is 0 Å². The molecule has 0 aromatic heterocycles. The van der Waals surface area contributed by atoms with Crippen molar-refractivity contribution in [3.63, 3.8) is 0 Å². The van der Waals surface area contributed by atoms with E-state index in [1.165, 1.54) is 5.56 Å². The number of nitrogens with two attached hydrogens (primary N) is 1. The molecule has 0 aliphatic heterocycles. The van der Waals surface area contributed by atoms with Crippen molar-refractivity contribution in [3.8, 4) is 0 Å². The van der Waals surface area contributed by atoms with Gasteiger partial charge in [-0.1, -0.05) is 19.1 Å². The van der Waals surface area contributed by atoms with E-state index in [0.29, 0.717) is 13.0 Å². The zero-order valence-corrected chi connectivity index (χ0v) is 11.3. The number of carbonyl (C=O) groups excluding carboxylic acids is 1. The molecule has 4 nitrogen and oxygen atoms in total. The van der Waals surface area contributed by atoms with Crippen LogP contribution in [0.2, 0.25) is 0 Å². The minimum atomic E-state index is 0.114. The van der Waals surface area contributed by atoms with Gasteiger partial charge < -0.3 is 11.1 Å². The molecule has 1 rings (SSSR count). The number of nitrogens with one attached hydrogen (secondary N) is 1. The Bertz CT molecular complexity index is 379. The first-order valence-electron chi connectivity index (χ1n) is 6.49. The zero-order chi connectivity index (χ0) is 13.4. The van der Waals surface area contributed by atoms with Crippen LogP contribution in [0.25, 0.3) is 0 Å². The standard InChI is InChI=1S/C14H23N3O/c1-3-16-14(18)8-9-17(4-2)11-12-6-5-7-13(15)10-12/h5-7,10H,3-4,8-9,11,15H2,1-2H3,(H,16,18). The monoisotopic (exact) mass is 249 g/mol. The summed E-state index contributed by atoms with van der Waals surface area (Å²) in [6, 6.07) is 7.89. The van der Waals surface area contributed by atoms with Crippen molar-refractivity contribution in [2.45, 2.75) is 26.8 Å². The summed E-state index contributed by atoms with van der Waals surface area (Å²) in [5.41, 5.74) is 7.73. The summed E-state index contributed by atoms with van der Waals surface area (Å²) >= 11 is 0. The maximum Gasteiger partial charge on any atom is 0.221 e. The van der Waals surface area contributed by atoms with Gasteiger partial charge in [-0.3, -0.25) is 9.69 Å². The van der Waals surface area contributed by atoms with E-state index in [1.54, 1.807) is 0 Å². The van der Waals surface area contributed by atoms with E-state index in [0.717, 1.165) is 25.3 Å². The Morgan fingerprint density at radius 3 is 2.78 bits per heavy atom. The predicted molar refractivity (Wildman–Crippen MR) is 75.1 cm³/mol. The molecule has 0 heterocycles. The zero-order valence-electron chi connectivity index (χ0n) is 11.3. The lowest BCUT2D eigenvalue weighted by Gasteiger charge is -2.20. The molecule has 3 N–H and O–H groups in total. The highest BCUT2D eigenvalue weighted by atomic mass is 16.1. The van der Waals surface area contributed by atoms with Crippen molar-refractivity contribution >= 4 is 11.6 Å². The fourth-order valence-electron chi connectivity index (χ4n) is 1.84. The molecule has 1 aromatic rings. The Balaban J connectivity index is 2.44. The highest BCUT2D eigenvalue weighted by molar-refractivity contribution is 5.75. The molecular weight excluding hydrogens is 226 g/mol. The summed E-state index contributed by atoms with van der Waals surface area (Å²) in [6.07, 6.45) is 0.546. The van der Waals surface area contributed by atoms with Crippen LogP contribution in [-0.4, -0.2) is 30.4 Å². The number of nitrogens with zero attached hydrogens (tertiary/aromatic N) is 1. The smallest absolute Gasteiger partial charge is 0.221 e. The average Bonchev–Trinajstić information content (AvgIpc) is 2.35. The number of benzene rings is 1. The molecule has 0 aliphatic carbocycles. The Kier molecular flexibility index (Phi) is 6.22. The molecule has 1 amide bonds. The van der Waals surface area contributed by atoms with Crippen molar-refractivity contribution in [3.05, 3.63) is 29.8 Å². The average molecular weight is 249 g/mol. The second-order valence-corrected chi connectivity index (χ2v) is 4.32. The minimum absolute atomic E-state index is 0.114. The van der Waals surface area contributed by atoms with Crippen LogP contribution in [0.15, 0.2) is 24.3 Å². The van der Waals surface area contributed by atoms with Crippen LogP contribution in [0.5, 0.6) is 0 Å². The van der Waals surface area contributed by atoms with Crippen LogP contribution >= 0.6 is 0 Å². The van der Waals surface area contributed by atoms with Gasteiger partial charge in [0.15, 0.2) is 0 Å². The van der Waals surface area contributed by atoms with Crippen molar-refractivity contribution in [1.29, 1.82) is 0 Å². The lowest BCUT2D eigenvalue weighted by Crippen LogP contribution is -2.30. The second-order valence-electron chi connectivity index (χ2n) is 4.32. The van der Waals surface area contributed by atoms with Gasteiger partial charge in [0.2, 0.25) is 5.91 Å². The summed E-state index contributed by atoms with van der Waals surface area (Å²) in [4.78, 5) is 13.7. The lowest BCUT2D eigenvalue weighted by molar-refractivity contribution is -0.121. The quantitative estimate of drug-likeness (QED) is 0.722. The minimum Gasteiger partial charge on any atom is -0.399 e. The molecule has 0 radical (unpaired) electrons. The van der Waals surface area contributed by atoms with E-state index >= 15 is 0 Å². The Hall–Kier alpha value is -1.55. The molecule has 1 aromatic carbocycles. The first-order valence-corrected chi connectivity index (χ1v) is 6.49. The van der Waals surface area contributed by atoms with Crippen LogP contribution in [0.4, 0.5) is 5.69 Å². The third-order valence-electron chi connectivity index (χ3n) is 2.83. The van der Waals surface area contributed by atoms with Crippen LogP contribution < -0.4 is 11.1 Å². The molecule has 0 saturated heterocycles. The van der Waals surface area contributed by atoms with Crippen molar-refractivity contribution in [2.24, 2.45) is 0 Å². The highest BCUT2D eigenvalue weighted by Gasteiger charge is 2.07. The topological polar surface area (TPSA) is 58.4 Å². The van der Waals surface area contributed by atoms with E-state index in [9.17, 15) is 4.79 Å². The van der Waals surface area contributed by atoms with Gasteiger partial charge in [-0.2, -0.15) is 0 Å². The third kappa shape index (κ3) is 5.19. The van der Waals surface area contributed by atoms with Crippen LogP contribution in [0.1, 0.15) is 25.8 Å². The third-order valence-corrected chi connectivity index (χ3v) is 2.83. The van der Waals surface area contributed by atoms with Gasteiger partial charge in [0, 0.05) is 31.7 Å². The van der Waals surface area contributed by atoms with E-state index in [4.69, 9.17) is 5.73 Å². The summed E-state index contributed by atoms with van der Waals surface area (Å²) in [7, 11) is 0. The van der Waals surface area contributed by atoms with Crippen molar-refractivity contribution in [2.75, 3.05) is 25.4 Å². The highest BCUT2D eigenvalue weighted by Crippen LogP contribution is 2.09. The Morgan fingerprint density at radius 2 is 2.17 bits per heavy atom. The molecule has 0 spiro atoms. The molecule has 0 bridgehead atoms. The summed E-state index contributed by atoms with van der Waals surface area (Å²) in [5.74, 6) is 0.114. The SMILES string of the molecule is CCNC(=O)CCN(CC)Cc1cccc(N)c1. The lowest BCUT2D eigenvalue weighted by atomic mass is 10.2. The normalized spacial score (nSPS) is 10.6. The number of hydrogen-bond acceptors (Lipinski definition) is 3. The van der Waals surface area contributed by atoms with E-state index < -0.39 is 0 Å². The van der Waals surface area contributed by atoms with E-state index in [-0.39, 0.29) is 5.91 Å². The molecule has 0 atom stereocenters. The number of carbonyl (C=O) groups is 1. The molecule has 0 aliphatic rings. The summed E-state index contributed by atoms with van der Waals surface area (Å²) in [6.45, 7) is 7.26. The fraction of sp³-hybridized carbons (Fsp3) is 0.500. The van der Waals surface area contributed by atoms with Gasteiger partial charge in [0.1, 0.15) is 0 Å². The molecule has 0 unspecified atom stereocenters. The van der Waals surface area contributed by atoms with E-state index in [2.05, 4.69) is 23.2 Å². The summed E-state index contributed by atoms with van der Waals surface area (Å²) in [5, 5.41) is 2.81. The first-order chi connectivity index (χ1) is 8.65. The van der Waals surface area contributed by atoms with Gasteiger partial charge in [-0.05, 0) is 31.2 Å². The number of anilines is 1. The molecule has 0 fully saturated rings. The number of rotatable bonds is 7. The number of amides is 1. The van der Waals surface area contributed by atoms with Crippen molar-refractivity contribution < 1.29 is 4.79 Å². The van der Waals surface area contributed by atoms with Gasteiger partial charge >= 0.3 is 0 Å². The second kappa shape index (κ2) is 7.71. The predicted octanol–water partition coefficient (Wildman–Crippen LogP) is 1.62. The van der Waals surface area contributed by atoms with E-state index in [1.807, 2.05) is 25.1 Å². The number of hydrogen-bond donors (Lipinski definition) is 2. The molecule has 100 valence electrons. The molecular formula is C14H23N3O. The van der Waals surface area contributed by atoms with Gasteiger partial charge in [-0.15, -0.1) is 0 Å². The summed E-state index contributed by atoms with van der Waals surface area (Å²) < 4.78 is 0. The molecule has 4 heteroatoms. The van der Waals surface area contributed by atoms with Crippen LogP contribution in [0.3, 0.4) is 0 Å². The Morgan fingerprint density at radius 1 is 1.39 bits per heavy atom. The van der Waals surface area contributed by atoms with Crippen LogP contribution in [0, 0.1) is 0 Å². The van der Waals surface area contributed by atoms with Gasteiger partial charge in [0.25, 0.3) is 0 Å². The molecule has 18 heavy (non-hydrogen) atoms. The first kappa shape index (κ1) is 14.5. The number of nitrogen functional groups attached to an aromatic ring is 1. The fourth-order valence-corrected chi connectivity index (χ4v) is 1.84. The Labute approximate surface area is 109 Å². The maximum absolute atomic E-state index is 11.4. The largest absolute Gasteiger partial charge is 0.399 e. The molecule has 0 saturated carbocycles. The maximum atomic E-state index is 11.4. The van der Waals surface area contributed by atoms with Gasteiger partial charge in [0.05, 0.1) is 0 Å². The van der Waals surface area contributed by atoms with Crippen molar-refractivity contribution in [1.82, 2.24) is 10.2 Å².